The fourth-order valence-electron chi connectivity index (χ4n) is 4.09. The number of fused-ring (bicyclic) bond motifs is 1. The number of amides is 2. The first kappa shape index (κ1) is 24.7. The van der Waals surface area contributed by atoms with Gasteiger partial charge in [-0.15, -0.1) is 0 Å². The van der Waals surface area contributed by atoms with E-state index in [2.05, 4.69) is 41.4 Å². The number of hydrogen-bond donors (Lipinski definition) is 3. The maximum atomic E-state index is 13.0. The Morgan fingerprint density at radius 3 is 2.42 bits per heavy atom. The smallest absolute Gasteiger partial charge is 0.324 e. The minimum absolute atomic E-state index is 0.129. The van der Waals surface area contributed by atoms with Crippen molar-refractivity contribution >= 4 is 34.4 Å². The number of nitrogens with one attached hydrogen (secondary N) is 2. The summed E-state index contributed by atoms with van der Waals surface area (Å²) in [6, 6.07) is 18.0. The fourth-order valence-corrected chi connectivity index (χ4v) is 4.09. The molecular weight excluding hydrogens is 480 g/mol. The van der Waals surface area contributed by atoms with Crippen molar-refractivity contribution in [3.05, 3.63) is 94.7 Å². The summed E-state index contributed by atoms with van der Waals surface area (Å²) in [6.45, 7) is 8.24. The molecule has 0 radical (unpaired) electrons. The van der Waals surface area contributed by atoms with Gasteiger partial charge in [0.25, 0.3) is 0 Å². The van der Waals surface area contributed by atoms with Crippen LogP contribution < -0.4 is 21.8 Å². The Balaban J connectivity index is 1.39. The minimum Gasteiger partial charge on any atom is -0.383 e. The van der Waals surface area contributed by atoms with Crippen molar-refractivity contribution < 1.29 is 4.79 Å². The van der Waals surface area contributed by atoms with E-state index in [1.165, 1.54) is 12.4 Å². The Labute approximate surface area is 219 Å². The number of benzene rings is 2. The summed E-state index contributed by atoms with van der Waals surface area (Å²) in [5.41, 5.74) is 10.0. The van der Waals surface area contributed by atoms with Gasteiger partial charge in [0.15, 0.2) is 11.1 Å². The van der Waals surface area contributed by atoms with Gasteiger partial charge in [0.1, 0.15) is 23.3 Å². The number of nitrogen functional groups attached to an aromatic ring is 1. The summed E-state index contributed by atoms with van der Waals surface area (Å²) in [6.07, 6.45) is 2.95. The molecular formula is C28H28N8O2. The van der Waals surface area contributed by atoms with E-state index in [1.807, 2.05) is 49.4 Å². The number of urea groups is 1. The predicted octanol–water partition coefficient (Wildman–Crippen LogP) is 4.80. The topological polar surface area (TPSA) is 133 Å². The molecule has 4 N–H and O–H groups in total. The van der Waals surface area contributed by atoms with Crippen LogP contribution in [0.1, 0.15) is 32.0 Å². The van der Waals surface area contributed by atoms with Gasteiger partial charge in [-0.1, -0.05) is 32.9 Å². The van der Waals surface area contributed by atoms with Crippen molar-refractivity contribution in [2.24, 2.45) is 0 Å². The molecule has 2 amide bonds. The van der Waals surface area contributed by atoms with E-state index in [9.17, 15) is 9.59 Å². The second-order valence-corrected chi connectivity index (χ2v) is 10.0. The van der Waals surface area contributed by atoms with Crippen molar-refractivity contribution in [1.82, 2.24) is 24.3 Å². The molecule has 5 rings (SSSR count). The molecule has 2 aromatic carbocycles. The Kier molecular flexibility index (Phi) is 6.15. The number of carbonyl (C=O) groups excluding carboxylic acids is 1. The van der Waals surface area contributed by atoms with Gasteiger partial charge < -0.3 is 15.6 Å². The molecule has 0 bridgehead atoms. The van der Waals surface area contributed by atoms with Crippen LogP contribution in [0.25, 0.3) is 22.4 Å². The van der Waals surface area contributed by atoms with Crippen molar-refractivity contribution in [2.45, 2.75) is 33.1 Å². The minimum atomic E-state index is -0.402. The molecule has 0 aliphatic carbocycles. The third kappa shape index (κ3) is 4.83. The van der Waals surface area contributed by atoms with Crippen molar-refractivity contribution in [3.8, 4) is 11.4 Å². The zero-order valence-electron chi connectivity index (χ0n) is 21.6. The number of anilines is 3. The molecule has 192 valence electrons. The molecule has 0 atom stereocenters. The van der Waals surface area contributed by atoms with Crippen LogP contribution in [0.3, 0.4) is 0 Å². The lowest BCUT2D eigenvalue weighted by Crippen LogP contribution is -2.21. The summed E-state index contributed by atoms with van der Waals surface area (Å²) in [7, 11) is 0. The van der Waals surface area contributed by atoms with Gasteiger partial charge >= 0.3 is 6.03 Å². The van der Waals surface area contributed by atoms with Gasteiger partial charge in [-0.05, 0) is 48.9 Å². The van der Waals surface area contributed by atoms with Gasteiger partial charge in [-0.3, -0.25) is 10.1 Å². The molecule has 10 heteroatoms. The highest BCUT2D eigenvalue weighted by Gasteiger charge is 2.21. The number of rotatable bonds is 4. The normalized spacial score (nSPS) is 11.5. The fraction of sp³-hybridized carbons (Fsp3) is 0.179. The average Bonchev–Trinajstić information content (AvgIpc) is 3.29. The van der Waals surface area contributed by atoms with Crippen molar-refractivity contribution in [1.29, 1.82) is 0 Å². The Hall–Kier alpha value is -4.99. The molecule has 0 aliphatic heterocycles. The summed E-state index contributed by atoms with van der Waals surface area (Å²) in [5.74, 6) is 0.690. The summed E-state index contributed by atoms with van der Waals surface area (Å²) in [4.78, 5) is 33.4. The standard InChI is InChI=1S/C28H28N8O2/c1-17-6-5-7-20(14-17)36-23(15-22(34-36)28(2,3)4)33-27(38)32-18-8-10-19(11-9-18)35-13-12-21(37)24-25(29)30-16-31-26(24)35/h5-16H,1-4H3,(H2,29,30,31)(H2,32,33,38). The first-order valence-electron chi connectivity index (χ1n) is 12.1. The first-order valence-corrected chi connectivity index (χ1v) is 12.1. The number of carbonyl (C=O) groups is 1. The van der Waals surface area contributed by atoms with Crippen LogP contribution in [-0.4, -0.2) is 30.3 Å². The van der Waals surface area contributed by atoms with Gasteiger partial charge in [0, 0.05) is 35.1 Å². The summed E-state index contributed by atoms with van der Waals surface area (Å²) >= 11 is 0. The second-order valence-electron chi connectivity index (χ2n) is 10.0. The lowest BCUT2D eigenvalue weighted by Gasteiger charge is -2.14. The zero-order chi connectivity index (χ0) is 27.0. The van der Waals surface area contributed by atoms with Gasteiger partial charge in [-0.2, -0.15) is 5.10 Å². The van der Waals surface area contributed by atoms with E-state index in [4.69, 9.17) is 10.8 Å². The van der Waals surface area contributed by atoms with Crippen molar-refractivity contribution in [3.63, 3.8) is 0 Å². The number of hydrogen-bond acceptors (Lipinski definition) is 6. The predicted molar refractivity (Wildman–Crippen MR) is 149 cm³/mol. The van der Waals surface area contributed by atoms with Crippen molar-refractivity contribution in [2.75, 3.05) is 16.4 Å². The SMILES string of the molecule is Cc1cccc(-n2nc(C(C)(C)C)cc2NC(=O)Nc2ccc(-n3ccc(=O)c4c(N)ncnc43)cc2)c1. The average molecular weight is 509 g/mol. The molecule has 10 nitrogen and oxygen atoms in total. The highest BCUT2D eigenvalue weighted by molar-refractivity contribution is 5.99. The van der Waals surface area contributed by atoms with Gasteiger partial charge in [0.2, 0.25) is 0 Å². The number of nitrogens with two attached hydrogens (primary N) is 1. The quantitative estimate of drug-likeness (QED) is 0.319. The van der Waals surface area contributed by atoms with Crippen LogP contribution in [-0.2, 0) is 5.41 Å². The van der Waals surface area contributed by atoms with Gasteiger partial charge in [-0.25, -0.2) is 19.4 Å². The first-order chi connectivity index (χ1) is 18.1. The monoisotopic (exact) mass is 508 g/mol. The molecule has 0 aliphatic rings. The number of pyridine rings is 1. The maximum absolute atomic E-state index is 13.0. The van der Waals surface area contributed by atoms with E-state index < -0.39 is 6.03 Å². The van der Waals surface area contributed by atoms with Crippen LogP contribution in [0.4, 0.5) is 22.1 Å². The van der Waals surface area contributed by atoms with E-state index in [0.717, 1.165) is 22.6 Å². The Morgan fingerprint density at radius 2 is 1.71 bits per heavy atom. The van der Waals surface area contributed by atoms with E-state index in [1.54, 1.807) is 27.6 Å². The molecule has 0 unspecified atom stereocenters. The van der Waals surface area contributed by atoms with E-state index >= 15 is 0 Å². The molecule has 0 spiro atoms. The number of aromatic nitrogens is 5. The van der Waals surface area contributed by atoms with Crippen LogP contribution >= 0.6 is 0 Å². The molecule has 0 saturated carbocycles. The second kappa shape index (κ2) is 9.47. The zero-order valence-corrected chi connectivity index (χ0v) is 21.6. The summed E-state index contributed by atoms with van der Waals surface area (Å²) in [5, 5.41) is 10.8. The highest BCUT2D eigenvalue weighted by Crippen LogP contribution is 2.27. The van der Waals surface area contributed by atoms with E-state index in [0.29, 0.717) is 17.2 Å². The highest BCUT2D eigenvalue weighted by atomic mass is 16.2. The third-order valence-electron chi connectivity index (χ3n) is 6.08. The van der Waals surface area contributed by atoms with Gasteiger partial charge in [0.05, 0.1) is 11.4 Å². The molecule has 5 aromatic rings. The third-order valence-corrected chi connectivity index (χ3v) is 6.08. The van der Waals surface area contributed by atoms with Crippen LogP contribution in [0, 0.1) is 6.92 Å². The lowest BCUT2D eigenvalue weighted by molar-refractivity contribution is 0.262. The summed E-state index contributed by atoms with van der Waals surface area (Å²) < 4.78 is 3.48. The molecule has 3 heterocycles. The van der Waals surface area contributed by atoms with E-state index in [-0.39, 0.29) is 22.0 Å². The molecule has 0 saturated heterocycles. The molecule has 3 aromatic heterocycles. The number of nitrogens with zero attached hydrogens (tertiary/aromatic N) is 5. The maximum Gasteiger partial charge on any atom is 0.324 e. The van der Waals surface area contributed by atoms with Crippen LogP contribution in [0.15, 0.2) is 78.0 Å². The Bertz CT molecular complexity index is 1710. The largest absolute Gasteiger partial charge is 0.383 e. The van der Waals surface area contributed by atoms with Crippen LogP contribution in [0.5, 0.6) is 0 Å². The number of aryl methyl sites for hydroxylation is 1. The Morgan fingerprint density at radius 1 is 0.947 bits per heavy atom. The van der Waals surface area contributed by atoms with Crippen LogP contribution in [0.2, 0.25) is 0 Å². The lowest BCUT2D eigenvalue weighted by atomic mass is 9.92. The molecule has 38 heavy (non-hydrogen) atoms. The molecule has 0 fully saturated rings.